The normalized spacial score (nSPS) is 11.9. The molecule has 4 rings (SSSR count). The number of alkyl halides is 4. The van der Waals surface area contributed by atoms with Gasteiger partial charge in [0.25, 0.3) is 0 Å². The topological polar surface area (TPSA) is 35.5 Å². The van der Waals surface area contributed by atoms with Crippen LogP contribution in [-0.2, 0) is 26.7 Å². The molecule has 0 N–H and O–H groups in total. The van der Waals surface area contributed by atoms with Crippen molar-refractivity contribution in [1.82, 2.24) is 0 Å². The van der Waals surface area contributed by atoms with Gasteiger partial charge in [-0.05, 0) is 91.4 Å². The Kier molecular flexibility index (Phi) is 11.6. The molecule has 0 aliphatic heterocycles. The van der Waals surface area contributed by atoms with E-state index in [-0.39, 0.29) is 16.8 Å². The quantitative estimate of drug-likeness (QED) is 0.118. The lowest BCUT2D eigenvalue weighted by atomic mass is 9.86. The van der Waals surface area contributed by atoms with E-state index in [0.717, 1.165) is 44.9 Å². The summed E-state index contributed by atoms with van der Waals surface area (Å²) in [6, 6.07) is 24.0. The molecule has 0 aliphatic rings. The lowest BCUT2D eigenvalue weighted by molar-refractivity contribution is 0.103. The molecule has 0 fully saturated rings. The molecule has 0 atom stereocenters. The summed E-state index contributed by atoms with van der Waals surface area (Å²) < 4.78 is 12.8. The predicted molar refractivity (Wildman–Crippen MR) is 198 cm³/mol. The van der Waals surface area contributed by atoms with Gasteiger partial charge in [0.15, 0.2) is 5.78 Å². The van der Waals surface area contributed by atoms with E-state index in [1.807, 2.05) is 48.5 Å². The molecule has 7 heteroatoms. The molecule has 4 aromatic rings. The standard InChI is InChI=1S/C37H38Br4O3/c1-36(2,3)31-11-7-23(8-12-31)33(42)24-9-13-32(14-10-24)43-34-27(19-38)15-25(16-28(34)20-39)26-17-29(21-40)35(30(18-26)22-41)44-37(4,5)6/h7-18H,19-22H2,1-6H3. The Morgan fingerprint density at radius 2 is 0.977 bits per heavy atom. The van der Waals surface area contributed by atoms with Gasteiger partial charge in [-0.25, -0.2) is 0 Å². The van der Waals surface area contributed by atoms with Crippen molar-refractivity contribution in [3.8, 4) is 28.4 Å². The van der Waals surface area contributed by atoms with Crippen molar-refractivity contribution in [2.24, 2.45) is 0 Å². The van der Waals surface area contributed by atoms with Crippen molar-refractivity contribution in [2.75, 3.05) is 0 Å². The Hall–Kier alpha value is -1.93. The highest BCUT2D eigenvalue weighted by molar-refractivity contribution is 9.09. The minimum Gasteiger partial charge on any atom is -0.488 e. The molecule has 44 heavy (non-hydrogen) atoms. The van der Waals surface area contributed by atoms with Crippen LogP contribution in [0.25, 0.3) is 11.1 Å². The second-order valence-corrected chi connectivity index (χ2v) is 15.0. The highest BCUT2D eigenvalue weighted by Gasteiger charge is 2.21. The number of ketones is 1. The van der Waals surface area contributed by atoms with Gasteiger partial charge in [0, 0.05) is 54.7 Å². The van der Waals surface area contributed by atoms with E-state index in [2.05, 4.69) is 130 Å². The van der Waals surface area contributed by atoms with Crippen LogP contribution in [0, 0.1) is 0 Å². The summed E-state index contributed by atoms with van der Waals surface area (Å²) in [5.41, 5.74) is 8.74. The maximum atomic E-state index is 13.2. The van der Waals surface area contributed by atoms with Gasteiger partial charge in [0.1, 0.15) is 22.8 Å². The van der Waals surface area contributed by atoms with Crippen LogP contribution in [0.2, 0.25) is 0 Å². The zero-order chi connectivity index (χ0) is 32.2. The summed E-state index contributed by atoms with van der Waals surface area (Å²) >= 11 is 14.7. The number of benzene rings is 4. The fourth-order valence-corrected chi connectivity index (χ4v) is 6.55. The Balaban J connectivity index is 1.63. The Morgan fingerprint density at radius 3 is 1.34 bits per heavy atom. The SMILES string of the molecule is CC(C)(C)Oc1c(CBr)cc(-c2cc(CBr)c(Oc3ccc(C(=O)c4ccc(C(C)(C)C)cc4)cc3)c(CBr)c2)cc1CBr. The van der Waals surface area contributed by atoms with Gasteiger partial charge in [-0.2, -0.15) is 0 Å². The molecule has 0 spiro atoms. The monoisotopic (exact) mass is 846 g/mol. The minimum atomic E-state index is -0.302. The van der Waals surface area contributed by atoms with Gasteiger partial charge in [-0.1, -0.05) is 109 Å². The number of halogens is 4. The second-order valence-electron chi connectivity index (χ2n) is 12.8. The van der Waals surface area contributed by atoms with E-state index in [0.29, 0.717) is 38.2 Å². The van der Waals surface area contributed by atoms with Crippen molar-refractivity contribution < 1.29 is 14.3 Å². The summed E-state index contributed by atoms with van der Waals surface area (Å²) in [5, 5.41) is 2.62. The van der Waals surface area contributed by atoms with Crippen LogP contribution in [0.15, 0.2) is 72.8 Å². The van der Waals surface area contributed by atoms with E-state index in [4.69, 9.17) is 9.47 Å². The molecule has 0 bridgehead atoms. The number of ether oxygens (including phenoxy) is 2. The van der Waals surface area contributed by atoms with Gasteiger partial charge in [-0.15, -0.1) is 0 Å². The highest BCUT2D eigenvalue weighted by atomic mass is 79.9. The maximum absolute atomic E-state index is 13.2. The third kappa shape index (κ3) is 8.45. The van der Waals surface area contributed by atoms with Crippen LogP contribution in [0.1, 0.15) is 85.3 Å². The van der Waals surface area contributed by atoms with Gasteiger partial charge in [-0.3, -0.25) is 4.79 Å². The van der Waals surface area contributed by atoms with Crippen molar-refractivity contribution in [3.63, 3.8) is 0 Å². The molecule has 3 nitrogen and oxygen atoms in total. The van der Waals surface area contributed by atoms with Gasteiger partial charge >= 0.3 is 0 Å². The zero-order valence-electron chi connectivity index (χ0n) is 26.0. The Labute approximate surface area is 295 Å². The van der Waals surface area contributed by atoms with Gasteiger partial charge < -0.3 is 9.47 Å². The molecule has 0 saturated heterocycles. The van der Waals surface area contributed by atoms with Gasteiger partial charge in [0.2, 0.25) is 0 Å². The number of carbonyl (C=O) groups excluding carboxylic acids is 1. The summed E-state index contributed by atoms with van der Waals surface area (Å²) in [6.07, 6.45) is 0. The summed E-state index contributed by atoms with van der Waals surface area (Å²) in [7, 11) is 0. The number of hydrogen-bond donors (Lipinski definition) is 0. The molecule has 0 radical (unpaired) electrons. The molecule has 4 aromatic carbocycles. The van der Waals surface area contributed by atoms with Crippen LogP contribution >= 0.6 is 63.7 Å². The lowest BCUT2D eigenvalue weighted by Gasteiger charge is -2.26. The minimum absolute atomic E-state index is 0.00623. The number of carbonyl (C=O) groups is 1. The molecule has 0 heterocycles. The molecular weight excluding hydrogens is 812 g/mol. The van der Waals surface area contributed by atoms with Gasteiger partial charge in [0.05, 0.1) is 0 Å². The molecule has 0 aliphatic carbocycles. The highest BCUT2D eigenvalue weighted by Crippen LogP contribution is 2.40. The third-order valence-electron chi connectivity index (χ3n) is 7.15. The molecule has 0 aromatic heterocycles. The summed E-state index contributed by atoms with van der Waals surface area (Å²) in [4.78, 5) is 13.2. The maximum Gasteiger partial charge on any atom is 0.193 e. The van der Waals surface area contributed by atoms with Crippen LogP contribution < -0.4 is 9.47 Å². The molecule has 0 unspecified atom stereocenters. The van der Waals surface area contributed by atoms with E-state index < -0.39 is 0 Å². The van der Waals surface area contributed by atoms with E-state index in [9.17, 15) is 4.79 Å². The van der Waals surface area contributed by atoms with Crippen molar-refractivity contribution in [2.45, 2.75) is 73.9 Å². The number of rotatable bonds is 10. The first-order valence-electron chi connectivity index (χ1n) is 14.5. The van der Waals surface area contributed by atoms with Crippen LogP contribution in [0.4, 0.5) is 0 Å². The largest absolute Gasteiger partial charge is 0.488 e. The lowest BCUT2D eigenvalue weighted by Crippen LogP contribution is -2.24. The smallest absolute Gasteiger partial charge is 0.193 e. The van der Waals surface area contributed by atoms with E-state index in [1.165, 1.54) is 5.56 Å². The second kappa shape index (κ2) is 14.7. The fourth-order valence-electron chi connectivity index (χ4n) is 4.89. The van der Waals surface area contributed by atoms with E-state index >= 15 is 0 Å². The van der Waals surface area contributed by atoms with Crippen molar-refractivity contribution >= 4 is 69.5 Å². The first-order chi connectivity index (χ1) is 20.8. The molecular formula is C37H38Br4O3. The average Bonchev–Trinajstić information content (AvgIpc) is 3.00. The third-order valence-corrected chi connectivity index (χ3v) is 9.57. The summed E-state index contributed by atoms with van der Waals surface area (Å²) in [6.45, 7) is 12.7. The van der Waals surface area contributed by atoms with Crippen molar-refractivity contribution in [1.29, 1.82) is 0 Å². The first-order valence-corrected chi connectivity index (χ1v) is 18.9. The molecule has 0 amide bonds. The molecule has 232 valence electrons. The summed E-state index contributed by atoms with van der Waals surface area (Å²) in [5.74, 6) is 2.38. The zero-order valence-corrected chi connectivity index (χ0v) is 32.3. The number of hydrogen-bond acceptors (Lipinski definition) is 3. The Bertz CT molecular complexity index is 1560. The van der Waals surface area contributed by atoms with E-state index in [1.54, 1.807) is 0 Å². The average molecular weight is 850 g/mol. The first kappa shape index (κ1) is 34.9. The predicted octanol–water partition coefficient (Wildman–Crippen LogP) is 12.4. The molecule has 0 saturated carbocycles. The van der Waals surface area contributed by atoms with Crippen LogP contribution in [0.3, 0.4) is 0 Å². The van der Waals surface area contributed by atoms with Crippen molar-refractivity contribution in [3.05, 3.63) is 112 Å². The van der Waals surface area contributed by atoms with Crippen LogP contribution in [0.5, 0.6) is 17.2 Å². The Morgan fingerprint density at radius 1 is 0.591 bits per heavy atom. The van der Waals surface area contributed by atoms with Crippen LogP contribution in [-0.4, -0.2) is 11.4 Å². The fraction of sp³-hybridized carbons (Fsp3) is 0.324.